The van der Waals surface area contributed by atoms with Crippen molar-refractivity contribution in [2.75, 3.05) is 24.5 Å². The van der Waals surface area contributed by atoms with Gasteiger partial charge in [-0.15, -0.1) is 0 Å². The van der Waals surface area contributed by atoms with Crippen LogP contribution in [0.1, 0.15) is 24.0 Å². The minimum atomic E-state index is -2.67. The number of aromatic nitrogens is 2. The summed E-state index contributed by atoms with van der Waals surface area (Å²) in [6, 6.07) is 10.3. The molecule has 6 rings (SSSR count). The number of fused-ring (bicyclic) bond motifs is 4. The number of hydrogen-bond acceptors (Lipinski definition) is 7. The molecule has 0 bridgehead atoms. The molecule has 1 aromatic carbocycles. The first-order valence-corrected chi connectivity index (χ1v) is 11.4. The molecule has 2 atom stereocenters. The van der Waals surface area contributed by atoms with Crippen LogP contribution in [0.15, 0.2) is 53.8 Å². The van der Waals surface area contributed by atoms with E-state index in [0.717, 1.165) is 0 Å². The molecule has 35 heavy (non-hydrogen) atoms. The number of nitrogens with two attached hydrogens (primary N) is 1. The summed E-state index contributed by atoms with van der Waals surface area (Å²) in [5.41, 5.74) is 7.10. The summed E-state index contributed by atoms with van der Waals surface area (Å²) < 4.78 is 54.4. The zero-order valence-corrected chi connectivity index (χ0v) is 18.6. The van der Waals surface area contributed by atoms with Gasteiger partial charge in [-0.25, -0.2) is 18.7 Å². The molecule has 1 unspecified atom stereocenters. The molecule has 0 saturated carbocycles. The fraction of sp³-hybridized carbons (Fsp3) is 0.320. The molecule has 2 N–H and O–H groups in total. The number of nitrogens with zero attached hydrogens (tertiary/aromatic N) is 4. The van der Waals surface area contributed by atoms with E-state index in [-0.39, 0.29) is 32.5 Å². The summed E-state index contributed by atoms with van der Waals surface area (Å²) in [4.78, 5) is 14.5. The molecule has 1 saturated heterocycles. The van der Waals surface area contributed by atoms with Crippen molar-refractivity contribution in [3.05, 3.63) is 65.9 Å². The van der Waals surface area contributed by atoms with E-state index in [1.807, 2.05) is 4.90 Å². The number of ether oxygens (including phenoxy) is 2. The van der Waals surface area contributed by atoms with E-state index < -0.39 is 23.7 Å². The molecule has 0 amide bonds. The first-order valence-electron chi connectivity index (χ1n) is 11.4. The lowest BCUT2D eigenvalue weighted by Gasteiger charge is -2.41. The maximum atomic E-state index is 14.5. The lowest BCUT2D eigenvalue weighted by atomic mass is 9.82. The van der Waals surface area contributed by atoms with Crippen LogP contribution in [-0.4, -0.2) is 48.0 Å². The number of aliphatic imine (C=N–C) groups is 1. The fourth-order valence-corrected chi connectivity index (χ4v) is 4.84. The van der Waals surface area contributed by atoms with Gasteiger partial charge in [0.05, 0.1) is 12.7 Å². The molecule has 5 heterocycles. The summed E-state index contributed by atoms with van der Waals surface area (Å²) >= 11 is 0. The van der Waals surface area contributed by atoms with Crippen LogP contribution in [0.3, 0.4) is 0 Å². The lowest BCUT2D eigenvalue weighted by Crippen LogP contribution is -2.47. The van der Waals surface area contributed by atoms with E-state index >= 15 is 0 Å². The van der Waals surface area contributed by atoms with E-state index in [4.69, 9.17) is 15.2 Å². The minimum Gasteiger partial charge on any atom is -0.455 e. The molecule has 10 heteroatoms. The average molecular weight is 481 g/mol. The first kappa shape index (κ1) is 22.0. The van der Waals surface area contributed by atoms with Crippen molar-refractivity contribution in [2.24, 2.45) is 10.7 Å². The largest absolute Gasteiger partial charge is 0.455 e. The second-order valence-corrected chi connectivity index (χ2v) is 8.92. The van der Waals surface area contributed by atoms with Crippen LogP contribution in [-0.2, 0) is 10.3 Å². The zero-order valence-electron chi connectivity index (χ0n) is 18.6. The number of halogens is 3. The van der Waals surface area contributed by atoms with Crippen LogP contribution in [0, 0.1) is 5.95 Å². The Hall–Kier alpha value is -3.50. The van der Waals surface area contributed by atoms with Gasteiger partial charge in [-0.2, -0.15) is 4.39 Å². The van der Waals surface area contributed by atoms with Gasteiger partial charge in [-0.3, -0.25) is 4.99 Å². The molecule has 3 aliphatic heterocycles. The third-order valence-corrected chi connectivity index (χ3v) is 6.64. The topological polar surface area (TPSA) is 85.9 Å². The standard InChI is InChI=1S/C25H22F3N5O2/c26-23-16(2-1-7-31-23)15-3-4-19-17(10-15)25(14-30-13-21(29)35-25)18-11-22(32-12-20(18)34-19)33-8-5-24(27,28)6-9-33/h1-4,7,10-12,14,21H,5-6,8-9,13,29H2/t21?,25-/m0/s1. The van der Waals surface area contributed by atoms with Gasteiger partial charge in [0.2, 0.25) is 5.95 Å². The van der Waals surface area contributed by atoms with E-state index in [1.165, 1.54) is 6.20 Å². The molecule has 1 spiro atoms. The second-order valence-electron chi connectivity index (χ2n) is 8.92. The quantitative estimate of drug-likeness (QED) is 0.551. The highest BCUT2D eigenvalue weighted by molar-refractivity contribution is 5.84. The van der Waals surface area contributed by atoms with Gasteiger partial charge in [0.25, 0.3) is 5.92 Å². The second kappa shape index (κ2) is 8.03. The fourth-order valence-electron chi connectivity index (χ4n) is 4.84. The van der Waals surface area contributed by atoms with Gasteiger partial charge in [0.15, 0.2) is 11.4 Å². The summed E-state index contributed by atoms with van der Waals surface area (Å²) in [6.45, 7) is 0.646. The van der Waals surface area contributed by atoms with Crippen molar-refractivity contribution in [1.29, 1.82) is 0 Å². The number of benzene rings is 1. The van der Waals surface area contributed by atoms with Crippen molar-refractivity contribution in [2.45, 2.75) is 30.6 Å². The van der Waals surface area contributed by atoms with Gasteiger partial charge >= 0.3 is 0 Å². The van der Waals surface area contributed by atoms with Crippen LogP contribution in [0.4, 0.5) is 19.0 Å². The van der Waals surface area contributed by atoms with Gasteiger partial charge in [-0.1, -0.05) is 6.07 Å². The maximum Gasteiger partial charge on any atom is 0.251 e. The van der Waals surface area contributed by atoms with Crippen LogP contribution in [0.5, 0.6) is 11.5 Å². The third kappa shape index (κ3) is 3.73. The molecule has 0 aliphatic carbocycles. The Balaban J connectivity index is 1.48. The van der Waals surface area contributed by atoms with Gasteiger partial charge in [0, 0.05) is 55.0 Å². The smallest absolute Gasteiger partial charge is 0.251 e. The van der Waals surface area contributed by atoms with E-state index in [0.29, 0.717) is 39.6 Å². The van der Waals surface area contributed by atoms with Gasteiger partial charge in [-0.05, 0) is 35.9 Å². The molecule has 0 radical (unpaired) electrons. The molecule has 3 aromatic rings. The molecular weight excluding hydrogens is 459 g/mol. The average Bonchev–Trinajstić information content (AvgIpc) is 2.85. The Morgan fingerprint density at radius 2 is 1.83 bits per heavy atom. The van der Waals surface area contributed by atoms with E-state index in [9.17, 15) is 13.2 Å². The van der Waals surface area contributed by atoms with Crippen LogP contribution < -0.4 is 15.4 Å². The number of pyridine rings is 2. The molecule has 2 aromatic heterocycles. The van der Waals surface area contributed by atoms with Crippen molar-refractivity contribution in [3.63, 3.8) is 0 Å². The predicted molar refractivity (Wildman–Crippen MR) is 124 cm³/mol. The Bertz CT molecular complexity index is 1320. The van der Waals surface area contributed by atoms with E-state index in [1.54, 1.807) is 48.8 Å². The van der Waals surface area contributed by atoms with Crippen LogP contribution in [0.2, 0.25) is 0 Å². The molecule has 1 fully saturated rings. The van der Waals surface area contributed by atoms with Crippen molar-refractivity contribution >= 4 is 12.0 Å². The number of alkyl halides is 2. The summed E-state index contributed by atoms with van der Waals surface area (Å²) in [7, 11) is 0. The number of anilines is 1. The Morgan fingerprint density at radius 1 is 1.03 bits per heavy atom. The molecule has 180 valence electrons. The first-order chi connectivity index (χ1) is 16.8. The summed E-state index contributed by atoms with van der Waals surface area (Å²) in [5.74, 6) is -1.78. The summed E-state index contributed by atoms with van der Waals surface area (Å²) in [5, 5.41) is 0. The molecular formula is C25H22F3N5O2. The number of hydrogen-bond donors (Lipinski definition) is 1. The van der Waals surface area contributed by atoms with E-state index in [2.05, 4.69) is 15.0 Å². The van der Waals surface area contributed by atoms with Crippen LogP contribution >= 0.6 is 0 Å². The number of piperidine rings is 1. The molecule has 3 aliphatic rings. The Kier molecular flexibility index (Phi) is 5.05. The maximum absolute atomic E-state index is 14.5. The Morgan fingerprint density at radius 3 is 2.60 bits per heavy atom. The van der Waals surface area contributed by atoms with Crippen LogP contribution in [0.25, 0.3) is 11.1 Å². The predicted octanol–water partition coefficient (Wildman–Crippen LogP) is 4.25. The SMILES string of the molecule is NC1CN=C[C@]2(O1)c1cc(-c3cccnc3F)ccc1Oc1cnc(N3CCC(F)(F)CC3)cc12. The normalized spacial score (nSPS) is 24.6. The van der Waals surface area contributed by atoms with Crippen molar-refractivity contribution in [1.82, 2.24) is 9.97 Å². The minimum absolute atomic E-state index is 0.183. The van der Waals surface area contributed by atoms with Crippen molar-refractivity contribution in [3.8, 4) is 22.6 Å². The number of rotatable bonds is 2. The summed E-state index contributed by atoms with van der Waals surface area (Å²) in [6.07, 6.45) is 3.46. The van der Waals surface area contributed by atoms with Gasteiger partial charge in [0.1, 0.15) is 17.8 Å². The monoisotopic (exact) mass is 481 g/mol. The molecule has 7 nitrogen and oxygen atoms in total. The van der Waals surface area contributed by atoms with Gasteiger partial charge < -0.3 is 20.1 Å². The zero-order chi connectivity index (χ0) is 24.2. The third-order valence-electron chi connectivity index (χ3n) is 6.64. The van der Waals surface area contributed by atoms with Crippen molar-refractivity contribution < 1.29 is 22.6 Å². The highest BCUT2D eigenvalue weighted by Crippen LogP contribution is 2.50. The highest BCUT2D eigenvalue weighted by Gasteiger charge is 2.46. The Labute approximate surface area is 199 Å². The lowest BCUT2D eigenvalue weighted by molar-refractivity contribution is -0.0315. The highest BCUT2D eigenvalue weighted by atomic mass is 19.3.